The SMILES string of the molecule is COc1ccc(C2CCC(COC3=CC=C(C4CCC(OC)CC4)C(F)C3F)CC2)cc1F. The number of methoxy groups -OCH3 is 2. The lowest BCUT2D eigenvalue weighted by Crippen LogP contribution is -2.32. The fraction of sp³-hybridized carbons (Fsp3) is 0.630. The first-order valence-corrected chi connectivity index (χ1v) is 12.2. The van der Waals surface area contributed by atoms with Crippen LogP contribution < -0.4 is 4.74 Å². The van der Waals surface area contributed by atoms with Crippen LogP contribution in [-0.2, 0) is 9.47 Å². The zero-order valence-corrected chi connectivity index (χ0v) is 19.6. The molecule has 1 aromatic rings. The molecule has 2 fully saturated rings. The maximum absolute atomic E-state index is 14.9. The van der Waals surface area contributed by atoms with Crippen molar-refractivity contribution in [3.63, 3.8) is 0 Å². The molecule has 0 N–H and O–H groups in total. The van der Waals surface area contributed by atoms with E-state index in [0.717, 1.165) is 56.9 Å². The molecule has 0 radical (unpaired) electrons. The minimum absolute atomic E-state index is 0.0838. The number of hydrogen-bond acceptors (Lipinski definition) is 3. The Labute approximate surface area is 195 Å². The Morgan fingerprint density at radius 3 is 2.18 bits per heavy atom. The number of rotatable bonds is 7. The summed E-state index contributed by atoms with van der Waals surface area (Å²) in [7, 11) is 3.17. The number of allylic oxidation sites excluding steroid dienone is 4. The molecule has 4 rings (SSSR count). The Kier molecular flexibility index (Phi) is 8.05. The van der Waals surface area contributed by atoms with Crippen LogP contribution >= 0.6 is 0 Å². The Morgan fingerprint density at radius 2 is 1.55 bits per heavy atom. The van der Waals surface area contributed by atoms with Crippen LogP contribution in [0.25, 0.3) is 0 Å². The Hall–Kier alpha value is -1.95. The molecule has 1 aromatic carbocycles. The highest BCUT2D eigenvalue weighted by atomic mass is 19.2. The summed E-state index contributed by atoms with van der Waals surface area (Å²) >= 11 is 0. The normalized spacial score (nSPS) is 32.6. The number of alkyl halides is 2. The second kappa shape index (κ2) is 11.0. The van der Waals surface area contributed by atoms with Gasteiger partial charge in [-0.1, -0.05) is 12.1 Å². The number of ether oxygens (including phenoxy) is 3. The van der Waals surface area contributed by atoms with Gasteiger partial charge in [-0.05, 0) is 98.5 Å². The van der Waals surface area contributed by atoms with Crippen molar-refractivity contribution >= 4 is 0 Å². The monoisotopic (exact) mass is 464 g/mol. The van der Waals surface area contributed by atoms with Crippen LogP contribution in [0, 0.1) is 17.7 Å². The lowest BCUT2D eigenvalue weighted by atomic mass is 9.78. The second-order valence-corrected chi connectivity index (χ2v) is 9.67. The van der Waals surface area contributed by atoms with Crippen molar-refractivity contribution in [3.8, 4) is 5.75 Å². The quantitative estimate of drug-likeness (QED) is 0.443. The first-order valence-electron chi connectivity index (χ1n) is 12.2. The van der Waals surface area contributed by atoms with Crippen LogP contribution in [0.4, 0.5) is 13.2 Å². The van der Waals surface area contributed by atoms with E-state index in [2.05, 4.69) is 0 Å². The molecule has 182 valence electrons. The molecule has 0 aromatic heterocycles. The van der Waals surface area contributed by atoms with E-state index in [1.54, 1.807) is 31.4 Å². The van der Waals surface area contributed by atoms with Crippen molar-refractivity contribution in [1.82, 2.24) is 0 Å². The van der Waals surface area contributed by atoms with E-state index in [0.29, 0.717) is 24.0 Å². The molecule has 2 saturated carbocycles. The van der Waals surface area contributed by atoms with Crippen LogP contribution in [0.1, 0.15) is 62.8 Å². The van der Waals surface area contributed by atoms with Crippen molar-refractivity contribution in [3.05, 3.63) is 53.1 Å². The predicted octanol–water partition coefficient (Wildman–Crippen LogP) is 6.83. The minimum Gasteiger partial charge on any atom is -0.494 e. The zero-order valence-electron chi connectivity index (χ0n) is 19.6. The van der Waals surface area contributed by atoms with E-state index in [1.807, 2.05) is 6.07 Å². The molecular weight excluding hydrogens is 429 g/mol. The van der Waals surface area contributed by atoms with Gasteiger partial charge in [0.1, 0.15) is 5.76 Å². The van der Waals surface area contributed by atoms with E-state index >= 15 is 0 Å². The molecule has 3 nitrogen and oxygen atoms in total. The second-order valence-electron chi connectivity index (χ2n) is 9.67. The summed E-state index contributed by atoms with van der Waals surface area (Å²) in [5.74, 6) is 0.715. The third-order valence-corrected chi connectivity index (χ3v) is 7.75. The van der Waals surface area contributed by atoms with Crippen molar-refractivity contribution in [2.75, 3.05) is 20.8 Å². The molecule has 3 aliphatic carbocycles. The van der Waals surface area contributed by atoms with E-state index in [1.165, 1.54) is 7.11 Å². The van der Waals surface area contributed by atoms with Crippen molar-refractivity contribution in [1.29, 1.82) is 0 Å². The molecule has 0 bridgehead atoms. The molecule has 3 aliphatic rings. The fourth-order valence-corrected chi connectivity index (χ4v) is 5.61. The smallest absolute Gasteiger partial charge is 0.192 e. The molecule has 0 aliphatic heterocycles. The molecule has 0 saturated heterocycles. The highest BCUT2D eigenvalue weighted by Crippen LogP contribution is 2.40. The number of halogens is 3. The summed E-state index contributed by atoms with van der Waals surface area (Å²) in [6, 6.07) is 5.17. The van der Waals surface area contributed by atoms with Gasteiger partial charge in [0, 0.05) is 7.11 Å². The highest BCUT2D eigenvalue weighted by molar-refractivity contribution is 5.32. The lowest BCUT2D eigenvalue weighted by molar-refractivity contribution is 0.0535. The maximum Gasteiger partial charge on any atom is 0.192 e. The Morgan fingerprint density at radius 1 is 0.848 bits per heavy atom. The number of benzene rings is 1. The zero-order chi connectivity index (χ0) is 23.4. The standard InChI is InChI=1S/C27H35F3O3/c1-31-21-10-7-19(8-11-21)22-12-14-25(27(30)26(22)29)33-16-17-3-5-18(6-4-17)20-9-13-24(32-2)23(28)15-20/h9,12-15,17-19,21,26-27H,3-8,10-11,16H2,1-2H3. The van der Waals surface area contributed by atoms with Crippen LogP contribution in [0.15, 0.2) is 41.7 Å². The molecule has 33 heavy (non-hydrogen) atoms. The van der Waals surface area contributed by atoms with Gasteiger partial charge >= 0.3 is 0 Å². The molecule has 0 spiro atoms. The topological polar surface area (TPSA) is 27.7 Å². The van der Waals surface area contributed by atoms with Crippen LogP contribution in [-0.4, -0.2) is 39.3 Å². The van der Waals surface area contributed by atoms with E-state index in [9.17, 15) is 13.2 Å². The first kappa shape index (κ1) is 24.2. The highest BCUT2D eigenvalue weighted by Gasteiger charge is 2.37. The van der Waals surface area contributed by atoms with Gasteiger partial charge in [0.15, 0.2) is 23.9 Å². The van der Waals surface area contributed by atoms with E-state index < -0.39 is 12.3 Å². The van der Waals surface area contributed by atoms with Crippen LogP contribution in [0.5, 0.6) is 5.75 Å². The van der Waals surface area contributed by atoms with Crippen molar-refractivity contribution in [2.24, 2.45) is 11.8 Å². The summed E-state index contributed by atoms with van der Waals surface area (Å²) in [4.78, 5) is 0. The van der Waals surface area contributed by atoms with Gasteiger partial charge in [0.2, 0.25) is 0 Å². The van der Waals surface area contributed by atoms with E-state index in [4.69, 9.17) is 14.2 Å². The van der Waals surface area contributed by atoms with Crippen molar-refractivity contribution < 1.29 is 27.4 Å². The first-order chi connectivity index (χ1) is 16.0. The average molecular weight is 465 g/mol. The summed E-state index contributed by atoms with van der Waals surface area (Å²) in [6.07, 6.45) is 7.39. The van der Waals surface area contributed by atoms with Crippen LogP contribution in [0.2, 0.25) is 0 Å². The molecule has 0 amide bonds. The van der Waals surface area contributed by atoms with Crippen molar-refractivity contribution in [2.45, 2.75) is 75.7 Å². The van der Waals surface area contributed by atoms with Gasteiger partial charge in [0.25, 0.3) is 0 Å². The van der Waals surface area contributed by atoms with Gasteiger partial charge in [-0.3, -0.25) is 0 Å². The Balaban J connectivity index is 1.27. The predicted molar refractivity (Wildman–Crippen MR) is 122 cm³/mol. The average Bonchev–Trinajstić information content (AvgIpc) is 2.85. The number of hydrogen-bond donors (Lipinski definition) is 0. The third kappa shape index (κ3) is 5.59. The van der Waals surface area contributed by atoms with Crippen LogP contribution in [0.3, 0.4) is 0 Å². The summed E-state index contributed by atoms with van der Waals surface area (Å²) in [5.41, 5.74) is 1.56. The summed E-state index contributed by atoms with van der Waals surface area (Å²) < 4.78 is 59.9. The minimum atomic E-state index is -1.73. The van der Waals surface area contributed by atoms with Gasteiger partial charge in [-0.15, -0.1) is 0 Å². The summed E-state index contributed by atoms with van der Waals surface area (Å²) in [6.45, 7) is 0.394. The summed E-state index contributed by atoms with van der Waals surface area (Å²) in [5, 5.41) is 0. The van der Waals surface area contributed by atoms with Gasteiger partial charge in [-0.25, -0.2) is 13.2 Å². The lowest BCUT2D eigenvalue weighted by Gasteiger charge is -2.34. The Bertz CT molecular complexity index is 852. The fourth-order valence-electron chi connectivity index (χ4n) is 5.61. The van der Waals surface area contributed by atoms with Gasteiger partial charge in [0.05, 0.1) is 19.8 Å². The molecule has 2 unspecified atom stereocenters. The molecule has 2 atom stereocenters. The maximum atomic E-state index is 14.9. The molecule has 6 heteroatoms. The molecule has 0 heterocycles. The largest absolute Gasteiger partial charge is 0.494 e. The van der Waals surface area contributed by atoms with E-state index in [-0.39, 0.29) is 29.3 Å². The molecular formula is C27H35F3O3. The third-order valence-electron chi connectivity index (χ3n) is 7.75. The van der Waals surface area contributed by atoms with Gasteiger partial charge < -0.3 is 14.2 Å². The van der Waals surface area contributed by atoms with Gasteiger partial charge in [-0.2, -0.15) is 0 Å².